The van der Waals surface area contributed by atoms with E-state index < -0.39 is 0 Å². The van der Waals surface area contributed by atoms with Crippen molar-refractivity contribution in [1.29, 1.82) is 0 Å². The standard InChI is InChI=1S/C20H26N4O4.HI/c1-3-21-20(24-12-15-5-6-16-17(11-15)28-13-27-16)23-9-4-8-22-19(25)18-14(2)7-10-26-18;/h5-7,10-11H,3-4,8-9,12-13H2,1-2H3,(H,22,25)(H2,21,23,24);1H. The van der Waals surface area contributed by atoms with Crippen LogP contribution in [0.1, 0.15) is 35.0 Å². The van der Waals surface area contributed by atoms with E-state index in [1.54, 1.807) is 6.07 Å². The zero-order chi connectivity index (χ0) is 19.8. The monoisotopic (exact) mass is 514 g/mol. The van der Waals surface area contributed by atoms with Crippen LogP contribution in [0, 0.1) is 6.92 Å². The normalized spacial score (nSPS) is 12.3. The summed E-state index contributed by atoms with van der Waals surface area (Å²) in [5, 5.41) is 9.34. The van der Waals surface area contributed by atoms with Gasteiger partial charge in [0.2, 0.25) is 6.79 Å². The van der Waals surface area contributed by atoms with Crippen LogP contribution >= 0.6 is 24.0 Å². The smallest absolute Gasteiger partial charge is 0.287 e. The Hall–Kier alpha value is -2.43. The van der Waals surface area contributed by atoms with E-state index in [0.717, 1.165) is 41.6 Å². The summed E-state index contributed by atoms with van der Waals surface area (Å²) in [4.78, 5) is 16.6. The van der Waals surface area contributed by atoms with Crippen molar-refractivity contribution in [2.45, 2.75) is 26.8 Å². The molecule has 3 rings (SSSR count). The van der Waals surface area contributed by atoms with Crippen molar-refractivity contribution in [3.8, 4) is 11.5 Å². The van der Waals surface area contributed by atoms with Crippen LogP contribution in [-0.4, -0.2) is 38.3 Å². The van der Waals surface area contributed by atoms with Crippen LogP contribution in [0.4, 0.5) is 0 Å². The molecule has 1 aliphatic heterocycles. The predicted octanol–water partition coefficient (Wildman–Crippen LogP) is 2.81. The zero-order valence-corrected chi connectivity index (χ0v) is 18.9. The van der Waals surface area contributed by atoms with Gasteiger partial charge in [-0.25, -0.2) is 4.99 Å². The number of rotatable bonds is 8. The summed E-state index contributed by atoms with van der Waals surface area (Å²) >= 11 is 0. The maximum atomic E-state index is 12.0. The van der Waals surface area contributed by atoms with Gasteiger partial charge in [0, 0.05) is 25.2 Å². The first-order valence-electron chi connectivity index (χ1n) is 9.40. The highest BCUT2D eigenvalue weighted by Crippen LogP contribution is 2.32. The highest BCUT2D eigenvalue weighted by Gasteiger charge is 2.13. The third-order valence-electron chi connectivity index (χ3n) is 4.20. The number of carbonyl (C=O) groups is 1. The number of furan rings is 1. The fourth-order valence-electron chi connectivity index (χ4n) is 2.73. The number of carbonyl (C=O) groups excluding carboxylic acids is 1. The lowest BCUT2D eigenvalue weighted by atomic mass is 10.2. The van der Waals surface area contributed by atoms with E-state index in [9.17, 15) is 4.79 Å². The summed E-state index contributed by atoms with van der Waals surface area (Å²) in [5.74, 6) is 2.43. The summed E-state index contributed by atoms with van der Waals surface area (Å²) in [7, 11) is 0. The minimum Gasteiger partial charge on any atom is -0.459 e. The van der Waals surface area contributed by atoms with Gasteiger partial charge in [-0.05, 0) is 44.0 Å². The van der Waals surface area contributed by atoms with E-state index in [0.29, 0.717) is 25.4 Å². The van der Waals surface area contributed by atoms with E-state index in [4.69, 9.17) is 13.9 Å². The van der Waals surface area contributed by atoms with Gasteiger partial charge in [-0.2, -0.15) is 0 Å². The zero-order valence-electron chi connectivity index (χ0n) is 16.6. The van der Waals surface area contributed by atoms with Crippen molar-refractivity contribution >= 4 is 35.8 Å². The molecule has 0 radical (unpaired) electrons. The van der Waals surface area contributed by atoms with Gasteiger partial charge in [-0.3, -0.25) is 4.79 Å². The Kier molecular flexibility index (Phi) is 9.10. The molecule has 2 heterocycles. The van der Waals surface area contributed by atoms with E-state index in [-0.39, 0.29) is 36.7 Å². The molecule has 0 fully saturated rings. The number of nitrogens with zero attached hydrogens (tertiary/aromatic N) is 1. The van der Waals surface area contributed by atoms with Crippen LogP contribution < -0.4 is 25.4 Å². The van der Waals surface area contributed by atoms with Crippen molar-refractivity contribution in [2.24, 2.45) is 4.99 Å². The Morgan fingerprint density at radius 2 is 1.90 bits per heavy atom. The van der Waals surface area contributed by atoms with Gasteiger partial charge in [0.05, 0.1) is 12.8 Å². The Balaban J connectivity index is 0.00000300. The average Bonchev–Trinajstić information content (AvgIpc) is 3.33. The lowest BCUT2D eigenvalue weighted by molar-refractivity contribution is 0.0925. The lowest BCUT2D eigenvalue weighted by Crippen LogP contribution is -2.38. The molecule has 158 valence electrons. The van der Waals surface area contributed by atoms with Crippen molar-refractivity contribution < 1.29 is 18.7 Å². The second kappa shape index (κ2) is 11.5. The fraction of sp³-hybridized carbons (Fsp3) is 0.400. The summed E-state index contributed by atoms with van der Waals surface area (Å²) in [6.07, 6.45) is 2.28. The van der Waals surface area contributed by atoms with Gasteiger partial charge in [0.25, 0.3) is 5.91 Å². The largest absolute Gasteiger partial charge is 0.459 e. The number of hydrogen-bond donors (Lipinski definition) is 3. The van der Waals surface area contributed by atoms with E-state index in [1.807, 2.05) is 32.0 Å². The molecule has 1 aliphatic rings. The van der Waals surface area contributed by atoms with Gasteiger partial charge in [-0.1, -0.05) is 6.07 Å². The number of hydrogen-bond acceptors (Lipinski definition) is 5. The fourth-order valence-corrected chi connectivity index (χ4v) is 2.73. The summed E-state index contributed by atoms with van der Waals surface area (Å²) in [6.45, 7) is 6.66. The number of ether oxygens (including phenoxy) is 2. The molecule has 1 aromatic heterocycles. The second-order valence-electron chi connectivity index (χ2n) is 6.35. The second-order valence-corrected chi connectivity index (χ2v) is 6.35. The molecule has 2 aromatic rings. The highest BCUT2D eigenvalue weighted by molar-refractivity contribution is 14.0. The van der Waals surface area contributed by atoms with Crippen molar-refractivity contribution in [3.05, 3.63) is 47.4 Å². The Labute approximate surface area is 187 Å². The van der Waals surface area contributed by atoms with Gasteiger partial charge in [0.1, 0.15) is 0 Å². The molecule has 3 N–H and O–H groups in total. The number of guanidine groups is 1. The molecular formula is C20H27IN4O4. The molecule has 29 heavy (non-hydrogen) atoms. The van der Waals surface area contributed by atoms with Gasteiger partial charge in [0.15, 0.2) is 23.2 Å². The van der Waals surface area contributed by atoms with Gasteiger partial charge < -0.3 is 29.8 Å². The molecule has 0 atom stereocenters. The SMILES string of the molecule is CCNC(=NCc1ccc2c(c1)OCO2)NCCCNC(=O)c1occc1C.I. The van der Waals surface area contributed by atoms with Crippen LogP contribution in [0.2, 0.25) is 0 Å². The highest BCUT2D eigenvalue weighted by atomic mass is 127. The molecule has 0 saturated heterocycles. The molecule has 0 spiro atoms. The minimum absolute atomic E-state index is 0. The third kappa shape index (κ3) is 6.55. The van der Waals surface area contributed by atoms with Crippen LogP contribution in [-0.2, 0) is 6.54 Å². The summed E-state index contributed by atoms with van der Waals surface area (Å²) in [6, 6.07) is 7.60. The Morgan fingerprint density at radius 3 is 2.66 bits per heavy atom. The van der Waals surface area contributed by atoms with Crippen molar-refractivity contribution in [3.63, 3.8) is 0 Å². The number of aryl methyl sites for hydroxylation is 1. The van der Waals surface area contributed by atoms with Gasteiger partial charge >= 0.3 is 0 Å². The number of halogens is 1. The lowest BCUT2D eigenvalue weighted by Gasteiger charge is -2.11. The predicted molar refractivity (Wildman–Crippen MR) is 121 cm³/mol. The molecule has 8 nitrogen and oxygen atoms in total. The summed E-state index contributed by atoms with van der Waals surface area (Å²) in [5.41, 5.74) is 1.88. The Bertz CT molecular complexity index is 838. The molecule has 0 bridgehead atoms. The van der Waals surface area contributed by atoms with E-state index in [2.05, 4.69) is 20.9 Å². The molecule has 9 heteroatoms. The average molecular weight is 514 g/mol. The first-order chi connectivity index (χ1) is 13.7. The molecule has 1 aromatic carbocycles. The molecular weight excluding hydrogens is 487 g/mol. The number of benzene rings is 1. The maximum Gasteiger partial charge on any atom is 0.287 e. The quantitative estimate of drug-likeness (QED) is 0.217. The number of aliphatic imine (C=N–C) groups is 1. The minimum atomic E-state index is -0.189. The van der Waals surface area contributed by atoms with Crippen LogP contribution in [0.15, 0.2) is 39.9 Å². The molecule has 0 saturated carbocycles. The van der Waals surface area contributed by atoms with Crippen LogP contribution in [0.3, 0.4) is 0 Å². The number of nitrogens with one attached hydrogen (secondary N) is 3. The van der Waals surface area contributed by atoms with E-state index in [1.165, 1.54) is 6.26 Å². The first kappa shape index (κ1) is 22.9. The first-order valence-corrected chi connectivity index (χ1v) is 9.40. The Morgan fingerprint density at radius 1 is 1.10 bits per heavy atom. The topological polar surface area (TPSA) is 97.1 Å². The van der Waals surface area contributed by atoms with Crippen LogP contribution in [0.25, 0.3) is 0 Å². The number of fused-ring (bicyclic) bond motifs is 1. The third-order valence-corrected chi connectivity index (χ3v) is 4.20. The van der Waals surface area contributed by atoms with Crippen molar-refractivity contribution in [2.75, 3.05) is 26.4 Å². The maximum absolute atomic E-state index is 12.0. The van der Waals surface area contributed by atoms with Gasteiger partial charge in [-0.15, -0.1) is 24.0 Å². The molecule has 0 aliphatic carbocycles. The summed E-state index contributed by atoms with van der Waals surface area (Å²) < 4.78 is 15.9. The number of amides is 1. The van der Waals surface area contributed by atoms with Crippen LogP contribution in [0.5, 0.6) is 11.5 Å². The van der Waals surface area contributed by atoms with E-state index >= 15 is 0 Å². The molecule has 0 unspecified atom stereocenters. The van der Waals surface area contributed by atoms with Crippen molar-refractivity contribution in [1.82, 2.24) is 16.0 Å². The molecule has 1 amide bonds.